The highest BCUT2D eigenvalue weighted by Crippen LogP contribution is 2.25. The van der Waals surface area contributed by atoms with Crippen molar-refractivity contribution in [3.8, 4) is 0 Å². The molecule has 1 amide bonds. The monoisotopic (exact) mass is 329 g/mol. The van der Waals surface area contributed by atoms with E-state index in [1.165, 1.54) is 19.3 Å². The van der Waals surface area contributed by atoms with Gasteiger partial charge >= 0.3 is 0 Å². The van der Waals surface area contributed by atoms with E-state index in [9.17, 15) is 4.79 Å². The number of benzene rings is 1. The lowest BCUT2D eigenvalue weighted by Crippen LogP contribution is -2.44. The molecule has 1 aromatic rings. The van der Waals surface area contributed by atoms with Gasteiger partial charge in [-0.1, -0.05) is 29.6 Å². The lowest BCUT2D eigenvalue weighted by Gasteiger charge is -2.27. The number of rotatable bonds is 5. The second-order valence-electron chi connectivity index (χ2n) is 5.52. The van der Waals surface area contributed by atoms with Crippen LogP contribution in [0.2, 0.25) is 10.0 Å². The van der Waals surface area contributed by atoms with Crippen LogP contribution < -0.4 is 10.6 Å². The highest BCUT2D eigenvalue weighted by molar-refractivity contribution is 6.35. The quantitative estimate of drug-likeness (QED) is 0.872. The molecule has 1 aromatic carbocycles. The molecule has 4 nitrogen and oxygen atoms in total. The molecule has 116 valence electrons. The van der Waals surface area contributed by atoms with Gasteiger partial charge in [-0.15, -0.1) is 0 Å². The number of carbonyl (C=O) groups excluding carboxylic acids is 1. The van der Waals surface area contributed by atoms with Crippen molar-refractivity contribution < 1.29 is 4.79 Å². The van der Waals surface area contributed by atoms with Crippen LogP contribution in [0.5, 0.6) is 0 Å². The minimum atomic E-state index is -0.0857. The second-order valence-corrected chi connectivity index (χ2v) is 6.36. The summed E-state index contributed by atoms with van der Waals surface area (Å²) < 4.78 is 0. The minimum Gasteiger partial charge on any atom is -0.324 e. The van der Waals surface area contributed by atoms with Gasteiger partial charge in [0.05, 0.1) is 17.3 Å². The molecular formula is C15H21Cl2N3O. The SMILES string of the molecule is CN(CC(=O)Nc1cc(Cl)ccc1Cl)CC1CCCCN1. The molecule has 1 atom stereocenters. The molecule has 1 unspecified atom stereocenters. The molecular weight excluding hydrogens is 309 g/mol. The van der Waals surface area contributed by atoms with Gasteiger partial charge in [-0.3, -0.25) is 9.69 Å². The molecule has 21 heavy (non-hydrogen) atoms. The number of anilines is 1. The third-order valence-electron chi connectivity index (χ3n) is 3.56. The highest BCUT2D eigenvalue weighted by Gasteiger charge is 2.16. The number of likely N-dealkylation sites (N-methyl/N-ethyl adjacent to an activating group) is 1. The summed E-state index contributed by atoms with van der Waals surface area (Å²) in [6.45, 7) is 2.28. The van der Waals surface area contributed by atoms with E-state index in [1.807, 2.05) is 11.9 Å². The van der Waals surface area contributed by atoms with Crippen molar-refractivity contribution in [3.63, 3.8) is 0 Å². The number of halogens is 2. The molecule has 1 saturated heterocycles. The molecule has 0 spiro atoms. The van der Waals surface area contributed by atoms with E-state index >= 15 is 0 Å². The van der Waals surface area contributed by atoms with Crippen LogP contribution >= 0.6 is 23.2 Å². The number of nitrogens with zero attached hydrogens (tertiary/aromatic N) is 1. The Hall–Kier alpha value is -0.810. The maximum atomic E-state index is 12.1. The lowest BCUT2D eigenvalue weighted by molar-refractivity contribution is -0.117. The fraction of sp³-hybridized carbons (Fsp3) is 0.533. The van der Waals surface area contributed by atoms with Gasteiger partial charge in [-0.2, -0.15) is 0 Å². The van der Waals surface area contributed by atoms with E-state index in [4.69, 9.17) is 23.2 Å². The summed E-state index contributed by atoms with van der Waals surface area (Å²) in [7, 11) is 1.95. The fourth-order valence-corrected chi connectivity index (χ4v) is 2.89. The zero-order chi connectivity index (χ0) is 15.2. The molecule has 2 N–H and O–H groups in total. The Bertz CT molecular complexity index is 490. The van der Waals surface area contributed by atoms with Crippen molar-refractivity contribution >= 4 is 34.8 Å². The summed E-state index contributed by atoms with van der Waals surface area (Å²) in [4.78, 5) is 14.1. The van der Waals surface area contributed by atoms with Crippen molar-refractivity contribution in [2.45, 2.75) is 25.3 Å². The van der Waals surface area contributed by atoms with Crippen LogP contribution in [0.3, 0.4) is 0 Å². The van der Waals surface area contributed by atoms with Gasteiger partial charge in [-0.05, 0) is 44.6 Å². The summed E-state index contributed by atoms with van der Waals surface area (Å²) in [5.41, 5.74) is 0.554. The number of hydrogen-bond donors (Lipinski definition) is 2. The van der Waals surface area contributed by atoms with E-state index in [2.05, 4.69) is 10.6 Å². The summed E-state index contributed by atoms with van der Waals surface area (Å²) >= 11 is 11.9. The van der Waals surface area contributed by atoms with Crippen molar-refractivity contribution in [3.05, 3.63) is 28.2 Å². The zero-order valence-electron chi connectivity index (χ0n) is 12.2. The topological polar surface area (TPSA) is 44.4 Å². The van der Waals surface area contributed by atoms with E-state index in [0.717, 1.165) is 13.1 Å². The number of amides is 1. The molecule has 6 heteroatoms. The predicted molar refractivity (Wildman–Crippen MR) is 88.2 cm³/mol. The van der Waals surface area contributed by atoms with Crippen LogP contribution in [-0.2, 0) is 4.79 Å². The Morgan fingerprint density at radius 1 is 1.43 bits per heavy atom. The molecule has 0 saturated carbocycles. The molecule has 2 rings (SSSR count). The van der Waals surface area contributed by atoms with Gasteiger partial charge in [-0.25, -0.2) is 0 Å². The standard InChI is InChI=1S/C15H21Cl2N3O/c1-20(9-12-4-2-3-7-18-12)10-15(21)19-14-8-11(16)5-6-13(14)17/h5-6,8,12,18H,2-4,7,9-10H2,1H3,(H,19,21). The number of carbonyl (C=O) groups is 1. The second kappa shape index (κ2) is 7.99. The first-order valence-electron chi connectivity index (χ1n) is 7.21. The summed E-state index contributed by atoms with van der Waals surface area (Å²) in [5.74, 6) is -0.0857. The first-order valence-corrected chi connectivity index (χ1v) is 7.97. The van der Waals surface area contributed by atoms with E-state index in [-0.39, 0.29) is 5.91 Å². The molecule has 1 heterocycles. The van der Waals surface area contributed by atoms with Gasteiger partial charge in [0.2, 0.25) is 5.91 Å². The minimum absolute atomic E-state index is 0.0857. The fourth-order valence-electron chi connectivity index (χ4n) is 2.55. The maximum absolute atomic E-state index is 12.1. The third-order valence-corrected chi connectivity index (χ3v) is 4.13. The average Bonchev–Trinajstić information content (AvgIpc) is 2.43. The van der Waals surface area contributed by atoms with Gasteiger partial charge in [0.1, 0.15) is 0 Å². The molecule has 0 bridgehead atoms. The maximum Gasteiger partial charge on any atom is 0.238 e. The normalized spacial score (nSPS) is 18.8. The van der Waals surface area contributed by atoms with Crippen LogP contribution in [0.4, 0.5) is 5.69 Å². The number of nitrogens with one attached hydrogen (secondary N) is 2. The highest BCUT2D eigenvalue weighted by atomic mass is 35.5. The van der Waals surface area contributed by atoms with E-state index in [0.29, 0.717) is 28.3 Å². The van der Waals surface area contributed by atoms with Crippen LogP contribution in [-0.4, -0.2) is 43.5 Å². The molecule has 0 aromatic heterocycles. The van der Waals surface area contributed by atoms with Crippen molar-refractivity contribution in [1.82, 2.24) is 10.2 Å². The first kappa shape index (κ1) is 16.6. The average molecular weight is 330 g/mol. The summed E-state index contributed by atoms with van der Waals surface area (Å²) in [6.07, 6.45) is 3.68. The smallest absolute Gasteiger partial charge is 0.238 e. The van der Waals surface area contributed by atoms with Crippen molar-refractivity contribution in [2.24, 2.45) is 0 Å². The van der Waals surface area contributed by atoms with Gasteiger partial charge in [0.25, 0.3) is 0 Å². The largest absolute Gasteiger partial charge is 0.324 e. The molecule has 1 aliphatic rings. The molecule has 1 fully saturated rings. The summed E-state index contributed by atoms with van der Waals surface area (Å²) in [6, 6.07) is 5.51. The lowest BCUT2D eigenvalue weighted by atomic mass is 10.0. The zero-order valence-corrected chi connectivity index (χ0v) is 13.7. The van der Waals surface area contributed by atoms with Crippen LogP contribution in [0.1, 0.15) is 19.3 Å². The van der Waals surface area contributed by atoms with Gasteiger partial charge < -0.3 is 10.6 Å². The van der Waals surface area contributed by atoms with E-state index in [1.54, 1.807) is 18.2 Å². The Labute approximate surface area is 135 Å². The third kappa shape index (κ3) is 5.47. The Morgan fingerprint density at radius 3 is 2.95 bits per heavy atom. The number of piperidine rings is 1. The van der Waals surface area contributed by atoms with Crippen molar-refractivity contribution in [2.75, 3.05) is 32.0 Å². The summed E-state index contributed by atoms with van der Waals surface area (Å²) in [5, 5.41) is 7.32. The molecule has 0 radical (unpaired) electrons. The van der Waals surface area contributed by atoms with Crippen LogP contribution in [0, 0.1) is 0 Å². The number of hydrogen-bond acceptors (Lipinski definition) is 3. The Kier molecular flexibility index (Phi) is 6.30. The first-order chi connectivity index (χ1) is 10.0. The van der Waals surface area contributed by atoms with Gasteiger partial charge in [0.15, 0.2) is 0 Å². The van der Waals surface area contributed by atoms with Crippen LogP contribution in [0.15, 0.2) is 18.2 Å². The van der Waals surface area contributed by atoms with E-state index < -0.39 is 0 Å². The molecule has 0 aliphatic carbocycles. The Morgan fingerprint density at radius 2 is 2.24 bits per heavy atom. The Balaban J connectivity index is 1.81. The van der Waals surface area contributed by atoms with Gasteiger partial charge in [0, 0.05) is 17.6 Å². The molecule has 1 aliphatic heterocycles. The van der Waals surface area contributed by atoms with Crippen molar-refractivity contribution in [1.29, 1.82) is 0 Å². The van der Waals surface area contributed by atoms with Crippen LogP contribution in [0.25, 0.3) is 0 Å². The predicted octanol–water partition coefficient (Wildman–Crippen LogP) is 3.01.